The van der Waals surface area contributed by atoms with Crippen LogP contribution in [0.25, 0.3) is 5.69 Å². The van der Waals surface area contributed by atoms with Crippen molar-refractivity contribution >= 4 is 5.96 Å². The Hall–Kier alpha value is -3.87. The van der Waals surface area contributed by atoms with Gasteiger partial charge in [0.1, 0.15) is 0 Å². The van der Waals surface area contributed by atoms with E-state index in [1.807, 2.05) is 46.7 Å². The molecule has 33 heavy (non-hydrogen) atoms. The molecule has 170 valence electrons. The van der Waals surface area contributed by atoms with Crippen LogP contribution in [-0.4, -0.2) is 32.1 Å². The second-order valence-corrected chi connectivity index (χ2v) is 8.05. The number of para-hydroxylation sites is 1. The molecular formula is C26H31N7. The lowest BCUT2D eigenvalue weighted by Gasteiger charge is -2.14. The summed E-state index contributed by atoms with van der Waals surface area (Å²) in [5.41, 5.74) is 6.67. The van der Waals surface area contributed by atoms with Crippen molar-refractivity contribution in [2.75, 3.05) is 6.54 Å². The summed E-state index contributed by atoms with van der Waals surface area (Å²) < 4.78 is 3.95. The molecule has 0 fully saturated rings. The van der Waals surface area contributed by atoms with E-state index in [1.54, 1.807) is 0 Å². The smallest absolute Gasteiger partial charge is 0.191 e. The van der Waals surface area contributed by atoms with E-state index in [1.165, 1.54) is 5.56 Å². The monoisotopic (exact) mass is 441 g/mol. The van der Waals surface area contributed by atoms with Crippen molar-refractivity contribution in [1.82, 2.24) is 30.2 Å². The number of guanidine groups is 1. The third-order valence-electron chi connectivity index (χ3n) is 5.31. The van der Waals surface area contributed by atoms with Gasteiger partial charge in [0.15, 0.2) is 5.96 Å². The fourth-order valence-corrected chi connectivity index (χ4v) is 3.78. The van der Waals surface area contributed by atoms with Crippen molar-refractivity contribution in [2.24, 2.45) is 4.99 Å². The standard InChI is InChI=1S/C26H31N7/c1-4-27-26(28-15-23-16-30-32(19-23)18-22-10-6-5-7-11-22)29-17-24-12-8-9-13-25(24)33-21(3)14-20(2)31-33/h5-14,16,19H,4,15,17-18H2,1-3H3,(H2,27,28,29). The second-order valence-electron chi connectivity index (χ2n) is 8.05. The van der Waals surface area contributed by atoms with Crippen LogP contribution in [0.15, 0.2) is 78.0 Å². The first-order chi connectivity index (χ1) is 16.1. The predicted molar refractivity (Wildman–Crippen MR) is 132 cm³/mol. The number of hydrogen-bond donors (Lipinski definition) is 2. The van der Waals surface area contributed by atoms with Gasteiger partial charge in [0.25, 0.3) is 0 Å². The zero-order valence-corrected chi connectivity index (χ0v) is 19.5. The Kier molecular flexibility index (Phi) is 7.19. The molecule has 2 N–H and O–H groups in total. The van der Waals surface area contributed by atoms with Crippen LogP contribution in [-0.2, 0) is 19.6 Å². The maximum absolute atomic E-state index is 4.76. The summed E-state index contributed by atoms with van der Waals surface area (Å²) in [7, 11) is 0. The molecule has 0 radical (unpaired) electrons. The number of aryl methyl sites for hydroxylation is 2. The third-order valence-corrected chi connectivity index (χ3v) is 5.31. The molecule has 4 aromatic rings. The first-order valence-corrected chi connectivity index (χ1v) is 11.3. The van der Waals surface area contributed by atoms with Gasteiger partial charge in [0.2, 0.25) is 0 Å². The Balaban J connectivity index is 1.42. The quantitative estimate of drug-likeness (QED) is 0.320. The van der Waals surface area contributed by atoms with E-state index in [4.69, 9.17) is 4.99 Å². The molecule has 0 saturated heterocycles. The Bertz CT molecular complexity index is 1200. The van der Waals surface area contributed by atoms with E-state index < -0.39 is 0 Å². The lowest BCUT2D eigenvalue weighted by molar-refractivity contribution is 0.686. The van der Waals surface area contributed by atoms with E-state index in [0.717, 1.165) is 47.3 Å². The highest BCUT2D eigenvalue weighted by Gasteiger charge is 2.09. The molecule has 0 bridgehead atoms. The van der Waals surface area contributed by atoms with Gasteiger partial charge < -0.3 is 10.6 Å². The molecule has 2 aromatic carbocycles. The molecule has 0 aliphatic rings. The maximum Gasteiger partial charge on any atom is 0.191 e. The summed E-state index contributed by atoms with van der Waals surface area (Å²) >= 11 is 0. The Morgan fingerprint density at radius 2 is 1.76 bits per heavy atom. The van der Waals surface area contributed by atoms with E-state index >= 15 is 0 Å². The van der Waals surface area contributed by atoms with E-state index in [-0.39, 0.29) is 0 Å². The summed E-state index contributed by atoms with van der Waals surface area (Å²) in [6.45, 7) is 8.91. The Morgan fingerprint density at radius 1 is 0.970 bits per heavy atom. The lowest BCUT2D eigenvalue weighted by atomic mass is 10.1. The molecule has 0 atom stereocenters. The minimum absolute atomic E-state index is 0.559. The normalized spacial score (nSPS) is 11.5. The van der Waals surface area contributed by atoms with Crippen molar-refractivity contribution in [3.63, 3.8) is 0 Å². The largest absolute Gasteiger partial charge is 0.357 e. The van der Waals surface area contributed by atoms with Gasteiger partial charge >= 0.3 is 0 Å². The SMILES string of the molecule is CCNC(=NCc1cnn(Cc2ccccc2)c1)NCc1ccccc1-n1nc(C)cc1C. The van der Waals surface area contributed by atoms with Gasteiger partial charge in [-0.25, -0.2) is 9.67 Å². The highest BCUT2D eigenvalue weighted by Crippen LogP contribution is 2.17. The molecule has 0 spiro atoms. The number of nitrogens with zero attached hydrogens (tertiary/aromatic N) is 5. The average molecular weight is 442 g/mol. The van der Waals surface area contributed by atoms with E-state index in [2.05, 4.69) is 77.3 Å². The molecule has 0 aliphatic heterocycles. The van der Waals surface area contributed by atoms with Gasteiger partial charge in [-0.1, -0.05) is 48.5 Å². The Morgan fingerprint density at radius 3 is 2.52 bits per heavy atom. The Labute approximate surface area is 195 Å². The average Bonchev–Trinajstić information content (AvgIpc) is 3.41. The van der Waals surface area contributed by atoms with Gasteiger partial charge in [0, 0.05) is 30.5 Å². The summed E-state index contributed by atoms with van der Waals surface area (Å²) in [4.78, 5) is 4.76. The van der Waals surface area contributed by atoms with Crippen molar-refractivity contribution in [2.45, 2.75) is 40.4 Å². The maximum atomic E-state index is 4.76. The molecule has 0 amide bonds. The molecule has 0 saturated carbocycles. The summed E-state index contributed by atoms with van der Waals surface area (Å²) in [6, 6.07) is 20.7. The lowest BCUT2D eigenvalue weighted by Crippen LogP contribution is -2.37. The van der Waals surface area contributed by atoms with Crippen LogP contribution in [0.2, 0.25) is 0 Å². The zero-order valence-electron chi connectivity index (χ0n) is 19.5. The topological polar surface area (TPSA) is 72.1 Å². The molecule has 2 heterocycles. The number of benzene rings is 2. The molecule has 2 aromatic heterocycles. The van der Waals surface area contributed by atoms with Gasteiger partial charge in [-0.2, -0.15) is 10.2 Å². The molecular weight excluding hydrogens is 410 g/mol. The number of nitrogens with one attached hydrogen (secondary N) is 2. The van der Waals surface area contributed by atoms with Crippen LogP contribution in [0.3, 0.4) is 0 Å². The highest BCUT2D eigenvalue weighted by atomic mass is 15.3. The summed E-state index contributed by atoms with van der Waals surface area (Å²) in [6.07, 6.45) is 3.94. The van der Waals surface area contributed by atoms with Crippen LogP contribution >= 0.6 is 0 Å². The fraction of sp³-hybridized carbons (Fsp3) is 0.269. The molecule has 7 heteroatoms. The van der Waals surface area contributed by atoms with Gasteiger partial charge in [-0.3, -0.25) is 4.68 Å². The number of rotatable bonds is 8. The van der Waals surface area contributed by atoms with Crippen molar-refractivity contribution in [3.05, 3.63) is 101 Å². The summed E-state index contributed by atoms with van der Waals surface area (Å²) in [5.74, 6) is 0.775. The number of aliphatic imine (C=N–C) groups is 1. The van der Waals surface area contributed by atoms with Gasteiger partial charge in [-0.05, 0) is 44.0 Å². The van der Waals surface area contributed by atoms with Crippen LogP contribution in [0, 0.1) is 13.8 Å². The first kappa shape index (κ1) is 22.3. The number of hydrogen-bond acceptors (Lipinski definition) is 3. The van der Waals surface area contributed by atoms with Crippen LogP contribution in [0.1, 0.15) is 35.0 Å². The highest BCUT2D eigenvalue weighted by molar-refractivity contribution is 5.79. The third kappa shape index (κ3) is 5.88. The minimum atomic E-state index is 0.559. The molecule has 4 rings (SSSR count). The van der Waals surface area contributed by atoms with Crippen molar-refractivity contribution in [3.8, 4) is 5.69 Å². The van der Waals surface area contributed by atoms with E-state index in [0.29, 0.717) is 13.1 Å². The van der Waals surface area contributed by atoms with Crippen molar-refractivity contribution in [1.29, 1.82) is 0 Å². The van der Waals surface area contributed by atoms with E-state index in [9.17, 15) is 0 Å². The van der Waals surface area contributed by atoms with Crippen LogP contribution in [0.5, 0.6) is 0 Å². The fourth-order valence-electron chi connectivity index (χ4n) is 3.78. The van der Waals surface area contributed by atoms with Crippen LogP contribution < -0.4 is 10.6 Å². The molecule has 0 aliphatic carbocycles. The zero-order chi connectivity index (χ0) is 23.0. The second kappa shape index (κ2) is 10.6. The van der Waals surface area contributed by atoms with Crippen molar-refractivity contribution < 1.29 is 0 Å². The summed E-state index contributed by atoms with van der Waals surface area (Å²) in [5, 5.41) is 15.9. The van der Waals surface area contributed by atoms with Gasteiger partial charge in [-0.15, -0.1) is 0 Å². The number of aromatic nitrogens is 4. The minimum Gasteiger partial charge on any atom is -0.357 e. The van der Waals surface area contributed by atoms with Gasteiger partial charge in [0.05, 0.1) is 30.7 Å². The predicted octanol–water partition coefficient (Wildman–Crippen LogP) is 3.99. The molecule has 7 nitrogen and oxygen atoms in total. The molecule has 0 unspecified atom stereocenters. The first-order valence-electron chi connectivity index (χ1n) is 11.3. The van der Waals surface area contributed by atoms with Crippen LogP contribution in [0.4, 0.5) is 0 Å².